The molecule has 0 saturated carbocycles. The van der Waals surface area contributed by atoms with Gasteiger partial charge in [-0.1, -0.05) is 18.2 Å². The maximum atomic E-state index is 12.4. The van der Waals surface area contributed by atoms with Crippen molar-refractivity contribution >= 4 is 18.3 Å². The van der Waals surface area contributed by atoms with Gasteiger partial charge in [-0.15, -0.1) is 0 Å². The molecule has 1 fully saturated rings. The molecule has 0 aliphatic carbocycles. The Kier molecular flexibility index (Phi) is 6.87. The number of aromatic amines is 1. The lowest BCUT2D eigenvalue weighted by atomic mass is 9.98. The number of carboxylic acids is 1. The third kappa shape index (κ3) is 5.53. The number of rotatable bonds is 4. The van der Waals surface area contributed by atoms with Crippen LogP contribution in [0.15, 0.2) is 47.3 Å². The molecule has 3 rings (SSSR count). The molecule has 1 unspecified atom stereocenters. The third-order valence-corrected chi connectivity index (χ3v) is 4.30. The van der Waals surface area contributed by atoms with E-state index in [4.69, 9.17) is 15.0 Å². The van der Waals surface area contributed by atoms with Gasteiger partial charge in [-0.2, -0.15) is 0 Å². The Morgan fingerprint density at radius 1 is 1.19 bits per heavy atom. The van der Waals surface area contributed by atoms with Crippen molar-refractivity contribution in [1.29, 1.82) is 0 Å². The van der Waals surface area contributed by atoms with E-state index < -0.39 is 5.97 Å². The molecule has 0 bridgehead atoms. The molecule has 0 spiro atoms. The summed E-state index contributed by atoms with van der Waals surface area (Å²) in [5, 5.41) is 15.8. The fraction of sp³-hybridized carbons (Fsp3) is 0.263. The number of hydrogen-bond acceptors (Lipinski definition) is 4. The molecule has 2 heterocycles. The predicted molar refractivity (Wildman–Crippen MR) is 96.9 cm³/mol. The average molecular weight is 372 g/mol. The highest BCUT2D eigenvalue weighted by Crippen LogP contribution is 2.22. The molecule has 1 aromatic heterocycles. The standard InChI is InChI=1S/C18H18N2O4.CH2O2/c21-16-3-1-2-15(19-16)17(22)20-9-8-13(11-20)10-12-4-6-14(7-5-12)18(23)24;2-1-3/h1-7,13H,8-11H2,(H,19,21)(H,23,24);1H,(H,2,3). The van der Waals surface area contributed by atoms with Gasteiger partial charge in [0.15, 0.2) is 0 Å². The van der Waals surface area contributed by atoms with Crippen molar-refractivity contribution in [2.24, 2.45) is 5.92 Å². The monoisotopic (exact) mass is 372 g/mol. The molecule has 1 saturated heterocycles. The molecular weight excluding hydrogens is 352 g/mol. The minimum Gasteiger partial charge on any atom is -0.483 e. The Morgan fingerprint density at radius 2 is 1.85 bits per heavy atom. The number of nitrogens with zero attached hydrogens (tertiary/aromatic N) is 1. The van der Waals surface area contributed by atoms with Crippen molar-refractivity contribution in [3.05, 3.63) is 69.6 Å². The van der Waals surface area contributed by atoms with Gasteiger partial charge in [-0.3, -0.25) is 14.4 Å². The molecule has 2 aromatic rings. The van der Waals surface area contributed by atoms with Gasteiger partial charge in [0.2, 0.25) is 5.56 Å². The van der Waals surface area contributed by atoms with Gasteiger partial charge in [-0.25, -0.2) is 4.79 Å². The molecule has 0 radical (unpaired) electrons. The van der Waals surface area contributed by atoms with Crippen LogP contribution >= 0.6 is 0 Å². The van der Waals surface area contributed by atoms with Gasteiger partial charge < -0.3 is 20.1 Å². The first-order valence-corrected chi connectivity index (χ1v) is 8.33. The molecular formula is C19H20N2O6. The van der Waals surface area contributed by atoms with Crippen LogP contribution in [0, 0.1) is 5.92 Å². The first-order chi connectivity index (χ1) is 12.9. The molecule has 1 atom stereocenters. The summed E-state index contributed by atoms with van der Waals surface area (Å²) in [4.78, 5) is 47.3. The topological polar surface area (TPSA) is 128 Å². The Balaban J connectivity index is 0.000000817. The van der Waals surface area contributed by atoms with Gasteiger partial charge in [0.05, 0.1) is 5.56 Å². The second-order valence-corrected chi connectivity index (χ2v) is 6.15. The summed E-state index contributed by atoms with van der Waals surface area (Å²) in [5.41, 5.74) is 1.37. The number of H-pyrrole nitrogens is 1. The smallest absolute Gasteiger partial charge is 0.335 e. The van der Waals surface area contributed by atoms with E-state index in [-0.39, 0.29) is 23.5 Å². The minimum absolute atomic E-state index is 0.156. The van der Waals surface area contributed by atoms with E-state index in [1.165, 1.54) is 6.07 Å². The van der Waals surface area contributed by atoms with Crippen LogP contribution in [0.4, 0.5) is 0 Å². The lowest BCUT2D eigenvalue weighted by Gasteiger charge is -2.16. The number of likely N-dealkylation sites (tertiary alicyclic amines) is 1. The van der Waals surface area contributed by atoms with Crippen molar-refractivity contribution in [2.45, 2.75) is 12.8 Å². The van der Waals surface area contributed by atoms with E-state index in [9.17, 15) is 14.4 Å². The second-order valence-electron chi connectivity index (χ2n) is 6.15. The first kappa shape index (κ1) is 19.9. The fourth-order valence-electron chi connectivity index (χ4n) is 3.04. The van der Waals surface area contributed by atoms with Crippen LogP contribution in [0.25, 0.3) is 0 Å². The molecule has 8 nitrogen and oxygen atoms in total. The lowest BCUT2D eigenvalue weighted by molar-refractivity contribution is -0.122. The van der Waals surface area contributed by atoms with E-state index in [2.05, 4.69) is 4.98 Å². The van der Waals surface area contributed by atoms with Gasteiger partial charge in [0, 0.05) is 19.2 Å². The number of nitrogens with one attached hydrogen (secondary N) is 1. The maximum absolute atomic E-state index is 12.4. The number of carboxylic acid groups (broad SMARTS) is 2. The quantitative estimate of drug-likeness (QED) is 0.698. The molecule has 3 N–H and O–H groups in total. The van der Waals surface area contributed by atoms with Crippen LogP contribution in [0.2, 0.25) is 0 Å². The Labute approximate surface area is 155 Å². The second kappa shape index (κ2) is 9.33. The summed E-state index contributed by atoms with van der Waals surface area (Å²) in [6, 6.07) is 11.4. The minimum atomic E-state index is -0.934. The molecule has 1 aliphatic heterocycles. The van der Waals surface area contributed by atoms with E-state index >= 15 is 0 Å². The van der Waals surface area contributed by atoms with Crippen LogP contribution in [-0.2, 0) is 11.2 Å². The normalized spacial score (nSPS) is 15.6. The molecule has 8 heteroatoms. The fourth-order valence-corrected chi connectivity index (χ4v) is 3.04. The summed E-state index contributed by atoms with van der Waals surface area (Å²) in [5.74, 6) is -0.757. The molecule has 1 aromatic carbocycles. The highest BCUT2D eigenvalue weighted by molar-refractivity contribution is 5.92. The van der Waals surface area contributed by atoms with E-state index in [0.717, 1.165) is 18.4 Å². The van der Waals surface area contributed by atoms with Crippen LogP contribution < -0.4 is 5.56 Å². The Hall–Kier alpha value is -3.42. The van der Waals surface area contributed by atoms with Gasteiger partial charge in [0.25, 0.3) is 12.4 Å². The van der Waals surface area contributed by atoms with Crippen molar-refractivity contribution < 1.29 is 24.6 Å². The molecule has 1 amide bonds. The molecule has 27 heavy (non-hydrogen) atoms. The zero-order chi connectivity index (χ0) is 19.8. The highest BCUT2D eigenvalue weighted by atomic mass is 16.4. The van der Waals surface area contributed by atoms with Crippen LogP contribution in [-0.4, -0.2) is 51.5 Å². The van der Waals surface area contributed by atoms with Gasteiger partial charge in [-0.05, 0) is 42.5 Å². The Morgan fingerprint density at radius 3 is 2.44 bits per heavy atom. The summed E-state index contributed by atoms with van der Waals surface area (Å²) >= 11 is 0. The molecule has 142 valence electrons. The number of hydrogen-bond donors (Lipinski definition) is 3. The van der Waals surface area contributed by atoms with Crippen LogP contribution in [0.5, 0.6) is 0 Å². The van der Waals surface area contributed by atoms with Crippen molar-refractivity contribution in [1.82, 2.24) is 9.88 Å². The highest BCUT2D eigenvalue weighted by Gasteiger charge is 2.27. The predicted octanol–water partition coefficient (Wildman–Crippen LogP) is 1.48. The number of carbonyl (C=O) groups is 3. The van der Waals surface area contributed by atoms with Crippen LogP contribution in [0.3, 0.4) is 0 Å². The number of amides is 1. The number of benzene rings is 1. The van der Waals surface area contributed by atoms with Gasteiger partial charge >= 0.3 is 5.97 Å². The summed E-state index contributed by atoms with van der Waals surface area (Å²) in [6.07, 6.45) is 1.69. The van der Waals surface area contributed by atoms with E-state index in [1.54, 1.807) is 29.2 Å². The zero-order valence-electron chi connectivity index (χ0n) is 14.5. The third-order valence-electron chi connectivity index (χ3n) is 4.30. The number of aromatic nitrogens is 1. The zero-order valence-corrected chi connectivity index (χ0v) is 14.5. The first-order valence-electron chi connectivity index (χ1n) is 8.33. The van der Waals surface area contributed by atoms with Crippen LogP contribution in [0.1, 0.15) is 32.8 Å². The summed E-state index contributed by atoms with van der Waals surface area (Å²) < 4.78 is 0. The van der Waals surface area contributed by atoms with Crippen molar-refractivity contribution in [2.75, 3.05) is 13.1 Å². The largest absolute Gasteiger partial charge is 0.483 e. The lowest BCUT2D eigenvalue weighted by Crippen LogP contribution is -2.30. The maximum Gasteiger partial charge on any atom is 0.335 e. The van der Waals surface area contributed by atoms with E-state index in [1.807, 2.05) is 12.1 Å². The number of aromatic carboxylic acids is 1. The summed E-state index contributed by atoms with van der Waals surface area (Å²) in [6.45, 7) is 1.05. The summed E-state index contributed by atoms with van der Waals surface area (Å²) in [7, 11) is 0. The SMILES string of the molecule is O=C(O)c1ccc(CC2CCN(C(=O)c3cccc(=O)[nH]3)C2)cc1.O=CO. The number of carbonyl (C=O) groups excluding carboxylic acids is 1. The Bertz CT molecular complexity index is 859. The van der Waals surface area contributed by atoms with Crippen molar-refractivity contribution in [3.63, 3.8) is 0 Å². The number of pyridine rings is 1. The molecule has 1 aliphatic rings. The average Bonchev–Trinajstić information content (AvgIpc) is 3.10. The van der Waals surface area contributed by atoms with E-state index in [0.29, 0.717) is 24.7 Å². The van der Waals surface area contributed by atoms with Gasteiger partial charge in [0.1, 0.15) is 5.69 Å². The van der Waals surface area contributed by atoms with Crippen molar-refractivity contribution in [3.8, 4) is 0 Å².